The normalized spacial score (nSPS) is 10.7. The van der Waals surface area contributed by atoms with Gasteiger partial charge in [-0.25, -0.2) is 9.37 Å². The second kappa shape index (κ2) is 4.67. The zero-order chi connectivity index (χ0) is 11.5. The molecule has 0 atom stereocenters. The molecule has 1 aromatic carbocycles. The second-order valence-electron chi connectivity index (χ2n) is 3.23. The van der Waals surface area contributed by atoms with Gasteiger partial charge in [0.1, 0.15) is 24.4 Å². The maximum Gasteiger partial charge on any atom is 0.220 e. The third-order valence-electron chi connectivity index (χ3n) is 2.06. The summed E-state index contributed by atoms with van der Waals surface area (Å²) in [5, 5.41) is 0. The molecule has 0 saturated carbocycles. The van der Waals surface area contributed by atoms with Gasteiger partial charge in [0, 0.05) is 17.6 Å². The Morgan fingerprint density at radius 1 is 1.50 bits per heavy atom. The summed E-state index contributed by atoms with van der Waals surface area (Å²) in [7, 11) is 1.56. The fraction of sp³-hybridized carbons (Fsp3) is 0.182. The van der Waals surface area contributed by atoms with E-state index in [1.807, 2.05) is 0 Å². The number of oxazole rings is 1. The molecule has 16 heavy (non-hydrogen) atoms. The Kier molecular flexibility index (Phi) is 3.26. The minimum absolute atomic E-state index is 0.286. The molecule has 0 fully saturated rings. The lowest BCUT2D eigenvalue weighted by Crippen LogP contribution is -1.87. The molecule has 0 bridgehead atoms. The number of benzene rings is 1. The third-order valence-corrected chi connectivity index (χ3v) is 2.40. The van der Waals surface area contributed by atoms with Crippen LogP contribution in [0.15, 0.2) is 33.8 Å². The van der Waals surface area contributed by atoms with E-state index in [0.717, 1.165) is 5.56 Å². The van der Waals surface area contributed by atoms with E-state index < -0.39 is 0 Å². The summed E-state index contributed by atoms with van der Waals surface area (Å²) < 4.78 is 23.1. The van der Waals surface area contributed by atoms with E-state index in [0.29, 0.717) is 18.2 Å². The summed E-state index contributed by atoms with van der Waals surface area (Å²) in [6.45, 7) is 0.314. The van der Waals surface area contributed by atoms with Gasteiger partial charge in [-0.15, -0.1) is 12.6 Å². The molecule has 0 aliphatic carbocycles. The van der Waals surface area contributed by atoms with Crippen molar-refractivity contribution in [3.8, 4) is 11.3 Å². The van der Waals surface area contributed by atoms with Crippen LogP contribution in [0.25, 0.3) is 11.3 Å². The predicted molar refractivity (Wildman–Crippen MR) is 59.9 cm³/mol. The highest BCUT2D eigenvalue weighted by Gasteiger charge is 2.07. The van der Waals surface area contributed by atoms with Gasteiger partial charge in [-0.05, 0) is 18.2 Å². The van der Waals surface area contributed by atoms with E-state index in [9.17, 15) is 4.39 Å². The summed E-state index contributed by atoms with van der Waals surface area (Å²) in [6, 6.07) is 4.58. The van der Waals surface area contributed by atoms with Crippen molar-refractivity contribution in [2.75, 3.05) is 7.11 Å². The van der Waals surface area contributed by atoms with Crippen molar-refractivity contribution in [3.05, 3.63) is 36.2 Å². The molecule has 5 heteroatoms. The molecule has 0 aliphatic heterocycles. The van der Waals surface area contributed by atoms with Crippen molar-refractivity contribution >= 4 is 12.6 Å². The molecule has 0 unspecified atom stereocenters. The predicted octanol–water partition coefficient (Wildman–Crippen LogP) is 2.92. The number of hydrogen-bond acceptors (Lipinski definition) is 4. The molecular weight excluding hydrogens is 229 g/mol. The molecule has 3 nitrogen and oxygen atoms in total. The van der Waals surface area contributed by atoms with Gasteiger partial charge < -0.3 is 9.15 Å². The average molecular weight is 239 g/mol. The molecule has 0 radical (unpaired) electrons. The molecule has 0 amide bonds. The van der Waals surface area contributed by atoms with Gasteiger partial charge in [0.25, 0.3) is 0 Å². The van der Waals surface area contributed by atoms with Crippen LogP contribution in [0.3, 0.4) is 0 Å². The highest BCUT2D eigenvalue weighted by Crippen LogP contribution is 2.23. The van der Waals surface area contributed by atoms with E-state index >= 15 is 0 Å². The Labute approximate surface area is 97.7 Å². The number of thiol groups is 1. The molecule has 1 aromatic heterocycles. The number of aromatic nitrogens is 1. The molecule has 84 valence electrons. The van der Waals surface area contributed by atoms with Crippen molar-refractivity contribution in [2.45, 2.75) is 11.5 Å². The van der Waals surface area contributed by atoms with E-state index in [4.69, 9.17) is 9.15 Å². The fourth-order valence-electron chi connectivity index (χ4n) is 1.31. The van der Waals surface area contributed by atoms with Gasteiger partial charge in [-0.2, -0.15) is 0 Å². The standard InChI is InChI=1S/C11H10FNO2S/c1-14-6-11-13-9(5-15-11)7-2-3-8(12)10(16)4-7/h2-5,16H,6H2,1H3. The highest BCUT2D eigenvalue weighted by atomic mass is 32.1. The summed E-state index contributed by atoms with van der Waals surface area (Å²) in [6.07, 6.45) is 1.51. The van der Waals surface area contributed by atoms with Crippen LogP contribution in [0, 0.1) is 5.82 Å². The molecule has 0 spiro atoms. The van der Waals surface area contributed by atoms with Crippen LogP contribution in [0.4, 0.5) is 4.39 Å². The first-order valence-corrected chi connectivity index (χ1v) is 5.07. The Bertz CT molecular complexity index is 498. The Morgan fingerprint density at radius 3 is 3.00 bits per heavy atom. The van der Waals surface area contributed by atoms with Crippen molar-refractivity contribution in [1.82, 2.24) is 4.98 Å². The number of methoxy groups -OCH3 is 1. The van der Waals surface area contributed by atoms with Crippen LogP contribution in [0.5, 0.6) is 0 Å². The lowest BCUT2D eigenvalue weighted by atomic mass is 10.2. The summed E-state index contributed by atoms with van der Waals surface area (Å²) in [5.41, 5.74) is 1.40. The Morgan fingerprint density at radius 2 is 2.31 bits per heavy atom. The van der Waals surface area contributed by atoms with E-state index in [1.165, 1.54) is 12.3 Å². The SMILES string of the molecule is COCc1nc(-c2ccc(F)c(S)c2)co1. The van der Waals surface area contributed by atoms with Crippen LogP contribution in [0.2, 0.25) is 0 Å². The van der Waals surface area contributed by atoms with E-state index in [-0.39, 0.29) is 10.7 Å². The minimum atomic E-state index is -0.354. The van der Waals surface area contributed by atoms with Gasteiger partial charge >= 0.3 is 0 Å². The van der Waals surface area contributed by atoms with Crippen LogP contribution >= 0.6 is 12.6 Å². The van der Waals surface area contributed by atoms with Crippen LogP contribution in [0.1, 0.15) is 5.89 Å². The Hall–Kier alpha value is -1.33. The molecular formula is C11H10FNO2S. The number of hydrogen-bond donors (Lipinski definition) is 1. The van der Waals surface area contributed by atoms with Crippen molar-refractivity contribution in [2.24, 2.45) is 0 Å². The van der Waals surface area contributed by atoms with Gasteiger partial charge in [-0.1, -0.05) is 0 Å². The average Bonchev–Trinajstić information content (AvgIpc) is 2.71. The lowest BCUT2D eigenvalue weighted by molar-refractivity contribution is 0.159. The smallest absolute Gasteiger partial charge is 0.220 e. The second-order valence-corrected chi connectivity index (χ2v) is 3.71. The summed E-state index contributed by atoms with van der Waals surface area (Å²) in [4.78, 5) is 4.48. The number of nitrogens with zero attached hydrogens (tertiary/aromatic N) is 1. The number of ether oxygens (including phenoxy) is 1. The van der Waals surface area contributed by atoms with Gasteiger partial charge in [0.15, 0.2) is 0 Å². The monoisotopic (exact) mass is 239 g/mol. The molecule has 0 saturated heterocycles. The maximum absolute atomic E-state index is 13.0. The zero-order valence-corrected chi connectivity index (χ0v) is 9.50. The van der Waals surface area contributed by atoms with Crippen molar-refractivity contribution < 1.29 is 13.5 Å². The zero-order valence-electron chi connectivity index (χ0n) is 8.61. The maximum atomic E-state index is 13.0. The topological polar surface area (TPSA) is 35.3 Å². The third kappa shape index (κ3) is 2.25. The van der Waals surface area contributed by atoms with Crippen LogP contribution in [-0.2, 0) is 11.3 Å². The lowest BCUT2D eigenvalue weighted by Gasteiger charge is -1.98. The van der Waals surface area contributed by atoms with Crippen molar-refractivity contribution in [1.29, 1.82) is 0 Å². The summed E-state index contributed by atoms with van der Waals surface area (Å²) >= 11 is 4.01. The fourth-order valence-corrected chi connectivity index (χ4v) is 1.52. The van der Waals surface area contributed by atoms with Gasteiger partial charge in [0.05, 0.1) is 0 Å². The van der Waals surface area contributed by atoms with Gasteiger partial charge in [-0.3, -0.25) is 0 Å². The molecule has 0 N–H and O–H groups in total. The van der Waals surface area contributed by atoms with E-state index in [1.54, 1.807) is 19.2 Å². The first kappa shape index (κ1) is 11.2. The minimum Gasteiger partial charge on any atom is -0.446 e. The first-order valence-electron chi connectivity index (χ1n) is 4.63. The summed E-state index contributed by atoms with van der Waals surface area (Å²) in [5.74, 6) is 0.134. The number of rotatable bonds is 3. The molecule has 0 aliphatic rings. The first-order chi connectivity index (χ1) is 7.70. The number of halogens is 1. The molecule has 2 aromatic rings. The van der Waals surface area contributed by atoms with Crippen LogP contribution < -0.4 is 0 Å². The molecule has 2 rings (SSSR count). The quantitative estimate of drug-likeness (QED) is 0.836. The van der Waals surface area contributed by atoms with Gasteiger partial charge in [0.2, 0.25) is 5.89 Å². The largest absolute Gasteiger partial charge is 0.446 e. The highest BCUT2D eigenvalue weighted by molar-refractivity contribution is 7.80. The molecule has 1 heterocycles. The Balaban J connectivity index is 2.31. The van der Waals surface area contributed by atoms with Crippen LogP contribution in [-0.4, -0.2) is 12.1 Å². The van der Waals surface area contributed by atoms with Crippen molar-refractivity contribution in [3.63, 3.8) is 0 Å². The van der Waals surface area contributed by atoms with E-state index in [2.05, 4.69) is 17.6 Å².